The van der Waals surface area contributed by atoms with Crippen LogP contribution in [0, 0.1) is 5.41 Å². The molecular formula is C17H24N6OS. The normalized spacial score (nSPS) is 16.1. The Hall–Kier alpha value is -2.06. The number of hydrogen-bond donors (Lipinski definition) is 2. The van der Waals surface area contributed by atoms with Crippen LogP contribution in [0.3, 0.4) is 0 Å². The molecule has 0 radical (unpaired) electrons. The average Bonchev–Trinajstić information content (AvgIpc) is 3.25. The molecule has 1 aliphatic rings. The molecule has 1 amide bonds. The zero-order chi connectivity index (χ0) is 17.7. The van der Waals surface area contributed by atoms with E-state index in [1.54, 1.807) is 17.8 Å². The van der Waals surface area contributed by atoms with Crippen molar-refractivity contribution in [3.8, 4) is 0 Å². The lowest BCUT2D eigenvalue weighted by atomic mass is 9.85. The molecule has 0 spiro atoms. The van der Waals surface area contributed by atoms with E-state index in [0.29, 0.717) is 16.1 Å². The highest BCUT2D eigenvalue weighted by molar-refractivity contribution is 7.13. The molecule has 134 valence electrons. The van der Waals surface area contributed by atoms with Gasteiger partial charge >= 0.3 is 0 Å². The molecule has 0 unspecified atom stereocenters. The van der Waals surface area contributed by atoms with Gasteiger partial charge in [-0.15, -0.1) is 10.2 Å². The number of nitrogens with one attached hydrogen (secondary N) is 2. The molecule has 25 heavy (non-hydrogen) atoms. The predicted octanol–water partition coefficient (Wildman–Crippen LogP) is 2.72. The average molecular weight is 360 g/mol. The van der Waals surface area contributed by atoms with Gasteiger partial charge in [-0.25, -0.2) is 4.98 Å². The number of carbonyl (C=O) groups is 1. The van der Waals surface area contributed by atoms with Crippen LogP contribution in [0.5, 0.6) is 0 Å². The topological polar surface area (TPSA) is 83.0 Å². The van der Waals surface area contributed by atoms with Crippen LogP contribution >= 0.6 is 11.3 Å². The molecule has 0 saturated heterocycles. The maximum atomic E-state index is 12.1. The van der Waals surface area contributed by atoms with E-state index in [4.69, 9.17) is 0 Å². The summed E-state index contributed by atoms with van der Waals surface area (Å²) >= 11 is 1.28. The summed E-state index contributed by atoms with van der Waals surface area (Å²) in [7, 11) is 4.26. The van der Waals surface area contributed by atoms with Gasteiger partial charge in [-0.3, -0.25) is 10.1 Å². The quantitative estimate of drug-likeness (QED) is 0.790. The second-order valence-electron chi connectivity index (χ2n) is 6.93. The maximum absolute atomic E-state index is 12.1. The van der Waals surface area contributed by atoms with Crippen LogP contribution in [-0.4, -0.2) is 53.2 Å². The van der Waals surface area contributed by atoms with Crippen molar-refractivity contribution in [3.63, 3.8) is 0 Å². The molecule has 2 N–H and O–H groups in total. The smallest absolute Gasteiger partial charge is 0.259 e. The van der Waals surface area contributed by atoms with Crippen molar-refractivity contribution in [1.29, 1.82) is 0 Å². The molecule has 2 heterocycles. The van der Waals surface area contributed by atoms with Gasteiger partial charge in [0.1, 0.15) is 11.3 Å². The molecule has 0 bridgehead atoms. The summed E-state index contributed by atoms with van der Waals surface area (Å²) < 4.78 is 0. The zero-order valence-electron chi connectivity index (χ0n) is 14.7. The van der Waals surface area contributed by atoms with Crippen molar-refractivity contribution in [2.75, 3.05) is 37.8 Å². The first-order valence-electron chi connectivity index (χ1n) is 8.49. The van der Waals surface area contributed by atoms with Crippen LogP contribution in [-0.2, 0) is 0 Å². The van der Waals surface area contributed by atoms with E-state index in [2.05, 4.69) is 44.8 Å². The van der Waals surface area contributed by atoms with Gasteiger partial charge in [0.05, 0.1) is 5.56 Å². The second-order valence-corrected chi connectivity index (χ2v) is 7.76. The molecule has 1 fully saturated rings. The maximum Gasteiger partial charge on any atom is 0.259 e. The number of hydrogen-bond acceptors (Lipinski definition) is 7. The summed E-state index contributed by atoms with van der Waals surface area (Å²) in [5, 5.41) is 14.1. The Bertz CT molecular complexity index is 680. The fourth-order valence-corrected chi connectivity index (χ4v) is 3.93. The first kappa shape index (κ1) is 17.8. The van der Waals surface area contributed by atoms with E-state index in [9.17, 15) is 4.79 Å². The van der Waals surface area contributed by atoms with Crippen LogP contribution in [0.15, 0.2) is 23.8 Å². The van der Waals surface area contributed by atoms with Gasteiger partial charge in [0.2, 0.25) is 5.13 Å². The Balaban J connectivity index is 1.57. The highest BCUT2D eigenvalue weighted by Crippen LogP contribution is 2.38. The Kier molecular flexibility index (Phi) is 5.60. The van der Waals surface area contributed by atoms with Crippen molar-refractivity contribution in [2.45, 2.75) is 25.7 Å². The van der Waals surface area contributed by atoms with Crippen molar-refractivity contribution in [2.24, 2.45) is 5.41 Å². The lowest BCUT2D eigenvalue weighted by Crippen LogP contribution is -2.37. The molecule has 0 aliphatic heterocycles. The molecule has 2 aromatic rings. The lowest BCUT2D eigenvalue weighted by molar-refractivity contribution is 0.102. The molecule has 3 rings (SSSR count). The number of nitrogens with zero attached hydrogens (tertiary/aromatic N) is 4. The lowest BCUT2D eigenvalue weighted by Gasteiger charge is -2.32. The summed E-state index contributed by atoms with van der Waals surface area (Å²) in [6.45, 7) is 2.00. The summed E-state index contributed by atoms with van der Waals surface area (Å²) in [5.74, 6) is 0.577. The fraction of sp³-hybridized carbons (Fsp3) is 0.529. The van der Waals surface area contributed by atoms with Gasteiger partial charge in [0.25, 0.3) is 5.91 Å². The number of aromatic nitrogens is 3. The summed E-state index contributed by atoms with van der Waals surface area (Å²) in [4.78, 5) is 18.8. The van der Waals surface area contributed by atoms with Gasteiger partial charge in [0.15, 0.2) is 0 Å². The zero-order valence-corrected chi connectivity index (χ0v) is 15.5. The minimum Gasteiger partial charge on any atom is -0.369 e. The van der Waals surface area contributed by atoms with E-state index >= 15 is 0 Å². The molecule has 0 aromatic carbocycles. The largest absolute Gasteiger partial charge is 0.369 e. The Labute approximate surface area is 151 Å². The minimum absolute atomic E-state index is 0.226. The third-order valence-corrected chi connectivity index (χ3v) is 5.17. The molecular weight excluding hydrogens is 336 g/mol. The van der Waals surface area contributed by atoms with Crippen LogP contribution < -0.4 is 10.6 Å². The van der Waals surface area contributed by atoms with E-state index in [0.717, 1.165) is 18.9 Å². The highest BCUT2D eigenvalue weighted by atomic mass is 32.1. The van der Waals surface area contributed by atoms with Crippen LogP contribution in [0.2, 0.25) is 0 Å². The Morgan fingerprint density at radius 3 is 2.72 bits per heavy atom. The monoisotopic (exact) mass is 360 g/mol. The van der Waals surface area contributed by atoms with Crippen LogP contribution in [0.4, 0.5) is 10.9 Å². The predicted molar refractivity (Wildman–Crippen MR) is 100 cm³/mol. The van der Waals surface area contributed by atoms with Crippen LogP contribution in [0.1, 0.15) is 36.0 Å². The van der Waals surface area contributed by atoms with Gasteiger partial charge in [-0.05, 0) is 39.1 Å². The molecule has 2 aromatic heterocycles. The van der Waals surface area contributed by atoms with Crippen molar-refractivity contribution in [3.05, 3.63) is 29.4 Å². The van der Waals surface area contributed by atoms with Crippen molar-refractivity contribution in [1.82, 2.24) is 20.1 Å². The van der Waals surface area contributed by atoms with Gasteiger partial charge in [-0.2, -0.15) is 0 Å². The Morgan fingerprint density at radius 1 is 1.32 bits per heavy atom. The number of amides is 1. The summed E-state index contributed by atoms with van der Waals surface area (Å²) in [6, 6.07) is 3.63. The number of pyridine rings is 1. The first-order chi connectivity index (χ1) is 12.1. The van der Waals surface area contributed by atoms with Crippen LogP contribution in [0.25, 0.3) is 0 Å². The highest BCUT2D eigenvalue weighted by Gasteiger charge is 2.34. The number of rotatable bonds is 7. The molecule has 8 heteroatoms. The SMILES string of the molecule is CN(C)CC1(CNc2ccc(C(=O)Nc3nncs3)cn2)CCCC1. The molecule has 1 aliphatic carbocycles. The molecule has 7 nitrogen and oxygen atoms in total. The van der Waals surface area contributed by atoms with Gasteiger partial charge in [-0.1, -0.05) is 24.2 Å². The van der Waals surface area contributed by atoms with E-state index in [1.807, 2.05) is 6.07 Å². The second kappa shape index (κ2) is 7.88. The first-order valence-corrected chi connectivity index (χ1v) is 9.36. The summed E-state index contributed by atoms with van der Waals surface area (Å²) in [5.41, 5.74) is 2.40. The van der Waals surface area contributed by atoms with E-state index in [-0.39, 0.29) is 5.91 Å². The third kappa shape index (κ3) is 4.73. The third-order valence-electron chi connectivity index (χ3n) is 4.57. The van der Waals surface area contributed by atoms with E-state index in [1.165, 1.54) is 37.0 Å². The molecule has 0 atom stereocenters. The summed E-state index contributed by atoms with van der Waals surface area (Å²) in [6.07, 6.45) is 6.69. The van der Waals surface area contributed by atoms with E-state index < -0.39 is 0 Å². The molecule has 1 saturated carbocycles. The Morgan fingerprint density at radius 2 is 2.12 bits per heavy atom. The minimum atomic E-state index is -0.226. The number of carbonyl (C=O) groups excluding carboxylic acids is 1. The van der Waals surface area contributed by atoms with Gasteiger partial charge < -0.3 is 10.2 Å². The number of anilines is 2. The van der Waals surface area contributed by atoms with Crippen molar-refractivity contribution >= 4 is 28.2 Å². The fourth-order valence-electron chi connectivity index (χ4n) is 3.49. The van der Waals surface area contributed by atoms with Crippen molar-refractivity contribution < 1.29 is 4.79 Å². The van der Waals surface area contributed by atoms with Gasteiger partial charge in [0, 0.05) is 24.7 Å². The standard InChI is InChI=1S/C17H24N6OS/c1-23(2)11-17(7-3-4-8-17)10-19-14-6-5-13(9-18-14)15(24)21-16-22-20-12-25-16/h5-6,9,12H,3-4,7-8,10-11H2,1-2H3,(H,18,19)(H,21,22,24).